The Hall–Kier alpha value is -0.790. The van der Waals surface area contributed by atoms with E-state index in [9.17, 15) is 9.59 Å². The maximum absolute atomic E-state index is 10.5. The van der Waals surface area contributed by atoms with Crippen molar-refractivity contribution in [3.63, 3.8) is 0 Å². The van der Waals surface area contributed by atoms with Crippen LogP contribution in [-0.2, 0) is 15.5 Å². The van der Waals surface area contributed by atoms with Gasteiger partial charge < -0.3 is 10.8 Å². The van der Waals surface area contributed by atoms with E-state index in [1.807, 2.05) is 0 Å². The summed E-state index contributed by atoms with van der Waals surface area (Å²) in [6, 6.07) is 3.54. The zero-order valence-corrected chi connectivity index (χ0v) is 14.9. The Balaban J connectivity index is 0.000000400. The van der Waals surface area contributed by atoms with Crippen molar-refractivity contribution in [2.45, 2.75) is 36.3 Å². The Morgan fingerprint density at radius 3 is 2.14 bits per heavy atom. The Kier molecular flexibility index (Phi) is 12.4. The fourth-order valence-electron chi connectivity index (χ4n) is 1.48. The summed E-state index contributed by atoms with van der Waals surface area (Å²) < 4.78 is 0. The van der Waals surface area contributed by atoms with Gasteiger partial charge in [0.15, 0.2) is 0 Å². The van der Waals surface area contributed by atoms with Crippen molar-refractivity contribution in [3.05, 3.63) is 29.1 Å². The van der Waals surface area contributed by atoms with Crippen LogP contribution in [0.1, 0.15) is 47.4 Å². The molecular formula is C14H20Br2N2O3. The Bertz CT molecular complexity index is 420. The molecule has 0 radical (unpaired) electrons. The molecule has 0 saturated heterocycles. The summed E-state index contributed by atoms with van der Waals surface area (Å²) in [7, 11) is 0. The van der Waals surface area contributed by atoms with Gasteiger partial charge in [-0.3, -0.25) is 14.6 Å². The highest BCUT2D eigenvalue weighted by Gasteiger charge is 1.99. The fraction of sp³-hybridized carbons (Fsp3) is 0.500. The molecule has 0 aliphatic carbocycles. The molecule has 0 bridgehead atoms. The smallest absolute Gasteiger partial charge is 0.303 e. The Morgan fingerprint density at radius 2 is 1.76 bits per heavy atom. The number of unbranched alkanes of at least 4 members (excludes halogenated alkanes) is 2. The molecule has 1 rings (SSSR count). The van der Waals surface area contributed by atoms with E-state index in [0.717, 1.165) is 36.9 Å². The first-order chi connectivity index (χ1) is 10.1. The van der Waals surface area contributed by atoms with E-state index in [1.54, 1.807) is 12.1 Å². The standard InChI is InChI=1S/C8H7Br2NO.C6H13NO2/c9-3-7-1-6(5-12)2-8(4-10)11-7;7-5-3-1-2-4-6(8)9/h1-2,5H,3-4H2;1-5,7H2,(H,8,9). The van der Waals surface area contributed by atoms with Crippen molar-refractivity contribution >= 4 is 44.1 Å². The highest BCUT2D eigenvalue weighted by atomic mass is 79.9. The van der Waals surface area contributed by atoms with Gasteiger partial charge in [0.2, 0.25) is 0 Å². The minimum absolute atomic E-state index is 0.278. The van der Waals surface area contributed by atoms with Crippen LogP contribution in [-0.4, -0.2) is 28.9 Å². The number of pyridine rings is 1. The molecule has 0 aliphatic heterocycles. The van der Waals surface area contributed by atoms with Crippen LogP contribution in [0.25, 0.3) is 0 Å². The average molecular weight is 424 g/mol. The van der Waals surface area contributed by atoms with Gasteiger partial charge in [0.25, 0.3) is 0 Å². The van der Waals surface area contributed by atoms with E-state index in [2.05, 4.69) is 36.8 Å². The van der Waals surface area contributed by atoms with Gasteiger partial charge in [-0.05, 0) is 31.5 Å². The number of aldehydes is 1. The number of hydrogen-bond donors (Lipinski definition) is 2. The number of carboxylic acid groups (broad SMARTS) is 1. The number of carboxylic acids is 1. The average Bonchev–Trinajstić information content (AvgIpc) is 2.51. The van der Waals surface area contributed by atoms with Crippen LogP contribution in [0.4, 0.5) is 0 Å². The molecule has 21 heavy (non-hydrogen) atoms. The van der Waals surface area contributed by atoms with E-state index in [-0.39, 0.29) is 6.42 Å². The van der Waals surface area contributed by atoms with Crippen molar-refractivity contribution in [2.75, 3.05) is 6.54 Å². The van der Waals surface area contributed by atoms with Crippen molar-refractivity contribution < 1.29 is 14.7 Å². The molecule has 1 aromatic heterocycles. The van der Waals surface area contributed by atoms with Crippen LogP contribution in [0.3, 0.4) is 0 Å². The van der Waals surface area contributed by atoms with Gasteiger partial charge in [-0.2, -0.15) is 0 Å². The molecule has 1 aromatic rings. The third-order valence-corrected chi connectivity index (χ3v) is 3.61. The summed E-state index contributed by atoms with van der Waals surface area (Å²) in [5.74, 6) is -0.716. The van der Waals surface area contributed by atoms with Gasteiger partial charge >= 0.3 is 5.97 Å². The number of aliphatic carboxylic acids is 1. The number of alkyl halides is 2. The summed E-state index contributed by atoms with van der Waals surface area (Å²) in [6.45, 7) is 0.666. The lowest BCUT2D eigenvalue weighted by Crippen LogP contribution is -1.99. The van der Waals surface area contributed by atoms with Gasteiger partial charge in [0, 0.05) is 22.6 Å². The Morgan fingerprint density at radius 1 is 1.19 bits per heavy atom. The highest BCUT2D eigenvalue weighted by molar-refractivity contribution is 9.08. The van der Waals surface area contributed by atoms with E-state index >= 15 is 0 Å². The largest absolute Gasteiger partial charge is 0.481 e. The molecule has 5 nitrogen and oxygen atoms in total. The zero-order chi connectivity index (χ0) is 16.1. The predicted octanol–water partition coefficient (Wildman–Crippen LogP) is 3.27. The van der Waals surface area contributed by atoms with Gasteiger partial charge in [-0.1, -0.05) is 38.3 Å². The number of nitrogens with two attached hydrogens (primary N) is 1. The fourth-order valence-corrected chi connectivity index (χ4v) is 2.05. The third-order valence-electron chi connectivity index (χ3n) is 2.46. The van der Waals surface area contributed by atoms with E-state index in [0.29, 0.717) is 22.8 Å². The van der Waals surface area contributed by atoms with Gasteiger partial charge in [-0.15, -0.1) is 0 Å². The number of aromatic nitrogens is 1. The van der Waals surface area contributed by atoms with Crippen LogP contribution in [0.15, 0.2) is 12.1 Å². The highest BCUT2D eigenvalue weighted by Crippen LogP contribution is 2.10. The molecule has 0 unspecified atom stereocenters. The summed E-state index contributed by atoms with van der Waals surface area (Å²) >= 11 is 6.58. The van der Waals surface area contributed by atoms with Crippen LogP contribution < -0.4 is 5.73 Å². The number of hydrogen-bond acceptors (Lipinski definition) is 4. The molecule has 0 amide bonds. The predicted molar refractivity (Wildman–Crippen MR) is 90.0 cm³/mol. The first-order valence-electron chi connectivity index (χ1n) is 6.56. The van der Waals surface area contributed by atoms with Crippen LogP contribution in [0.5, 0.6) is 0 Å². The molecular weight excluding hydrogens is 404 g/mol. The second kappa shape index (κ2) is 12.9. The first-order valence-corrected chi connectivity index (χ1v) is 8.80. The number of carbonyl (C=O) groups excluding carboxylic acids is 1. The minimum Gasteiger partial charge on any atom is -0.481 e. The van der Waals surface area contributed by atoms with E-state index < -0.39 is 5.97 Å². The maximum Gasteiger partial charge on any atom is 0.303 e. The number of nitrogens with zero attached hydrogens (tertiary/aromatic N) is 1. The van der Waals surface area contributed by atoms with Crippen molar-refractivity contribution in [1.82, 2.24) is 4.98 Å². The van der Waals surface area contributed by atoms with Gasteiger partial charge in [-0.25, -0.2) is 0 Å². The molecule has 0 saturated carbocycles. The summed E-state index contributed by atoms with van der Waals surface area (Å²) in [5, 5.41) is 9.53. The number of rotatable bonds is 8. The first kappa shape index (κ1) is 20.2. The summed E-state index contributed by atoms with van der Waals surface area (Å²) in [5.41, 5.74) is 7.64. The number of carbonyl (C=O) groups is 2. The van der Waals surface area contributed by atoms with E-state index in [1.165, 1.54) is 0 Å². The SMILES string of the molecule is NCCCCCC(=O)O.O=Cc1cc(CBr)nc(CBr)c1. The van der Waals surface area contributed by atoms with E-state index in [4.69, 9.17) is 10.8 Å². The quantitative estimate of drug-likeness (QED) is 0.380. The molecule has 0 spiro atoms. The van der Waals surface area contributed by atoms with Crippen molar-refractivity contribution in [2.24, 2.45) is 5.73 Å². The van der Waals surface area contributed by atoms with Gasteiger partial charge in [0.05, 0.1) is 11.4 Å². The second-order valence-corrected chi connectivity index (χ2v) is 5.38. The molecule has 0 aliphatic rings. The number of halogens is 2. The normalized spacial score (nSPS) is 9.67. The van der Waals surface area contributed by atoms with Crippen LogP contribution >= 0.6 is 31.9 Å². The molecule has 118 valence electrons. The summed E-state index contributed by atoms with van der Waals surface area (Å²) in [4.78, 5) is 24.7. The third kappa shape index (κ3) is 10.6. The maximum atomic E-state index is 10.5. The lowest BCUT2D eigenvalue weighted by Gasteiger charge is -2.00. The molecule has 3 N–H and O–H groups in total. The monoisotopic (exact) mass is 422 g/mol. The van der Waals surface area contributed by atoms with Crippen molar-refractivity contribution in [1.29, 1.82) is 0 Å². The van der Waals surface area contributed by atoms with Gasteiger partial charge in [0.1, 0.15) is 6.29 Å². The van der Waals surface area contributed by atoms with Crippen molar-refractivity contribution in [3.8, 4) is 0 Å². The topological polar surface area (TPSA) is 93.3 Å². The lowest BCUT2D eigenvalue weighted by atomic mass is 10.2. The second-order valence-electron chi connectivity index (χ2n) is 4.26. The summed E-state index contributed by atoms with van der Waals surface area (Å²) in [6.07, 6.45) is 3.74. The molecule has 7 heteroatoms. The molecule has 0 atom stereocenters. The zero-order valence-electron chi connectivity index (χ0n) is 11.7. The molecule has 0 aromatic carbocycles. The van der Waals surface area contributed by atoms with Crippen LogP contribution in [0.2, 0.25) is 0 Å². The molecule has 0 fully saturated rings. The lowest BCUT2D eigenvalue weighted by molar-refractivity contribution is -0.137. The molecule has 1 heterocycles. The van der Waals surface area contributed by atoms with Crippen LogP contribution in [0, 0.1) is 0 Å². The Labute approximate surface area is 141 Å². The minimum atomic E-state index is -0.716.